The lowest BCUT2D eigenvalue weighted by molar-refractivity contribution is 0.0697. The number of aromatic nitrogens is 1. The lowest BCUT2D eigenvalue weighted by atomic mass is 10.1. The van der Waals surface area contributed by atoms with Gasteiger partial charge >= 0.3 is 5.97 Å². The van der Waals surface area contributed by atoms with Crippen LogP contribution >= 0.6 is 39.1 Å². The van der Waals surface area contributed by atoms with Crippen LogP contribution in [0.15, 0.2) is 22.7 Å². The summed E-state index contributed by atoms with van der Waals surface area (Å²) in [7, 11) is 0. The smallest absolute Gasteiger partial charge is 0.338 e. The van der Waals surface area contributed by atoms with Crippen molar-refractivity contribution in [3.63, 3.8) is 0 Å². The minimum atomic E-state index is -1.12. The van der Waals surface area contributed by atoms with Gasteiger partial charge in [-0.1, -0.05) is 39.1 Å². The normalized spacial score (nSPS) is 10.7. The van der Waals surface area contributed by atoms with Crippen molar-refractivity contribution in [2.75, 3.05) is 0 Å². The van der Waals surface area contributed by atoms with E-state index < -0.39 is 5.97 Å². The molecule has 0 atom stereocenters. The fourth-order valence-corrected chi connectivity index (χ4v) is 2.43. The molecule has 16 heavy (non-hydrogen) atoms. The standard InChI is InChI=1S/C10H4BrCl2NO2/c11-5-1-4-2-6(10(15)16)9(13)14-8(4)7(12)3-5/h1-3H,(H,15,16). The Labute approximate surface area is 109 Å². The highest BCUT2D eigenvalue weighted by Crippen LogP contribution is 2.29. The Kier molecular flexibility index (Phi) is 3.06. The van der Waals surface area contributed by atoms with Crippen molar-refractivity contribution < 1.29 is 9.90 Å². The fraction of sp³-hybridized carbons (Fsp3) is 0. The molecule has 1 aromatic carbocycles. The van der Waals surface area contributed by atoms with Gasteiger partial charge in [-0.3, -0.25) is 0 Å². The van der Waals surface area contributed by atoms with Gasteiger partial charge in [0.05, 0.1) is 16.1 Å². The van der Waals surface area contributed by atoms with Gasteiger partial charge in [-0.15, -0.1) is 0 Å². The number of aromatic carboxylic acids is 1. The number of fused-ring (bicyclic) bond motifs is 1. The first-order valence-corrected chi connectivity index (χ1v) is 5.72. The van der Waals surface area contributed by atoms with Gasteiger partial charge in [0.2, 0.25) is 0 Å². The third-order valence-electron chi connectivity index (χ3n) is 2.02. The van der Waals surface area contributed by atoms with Crippen LogP contribution in [0.25, 0.3) is 10.9 Å². The second-order valence-electron chi connectivity index (χ2n) is 3.09. The zero-order valence-corrected chi connectivity index (χ0v) is 10.8. The number of hydrogen-bond acceptors (Lipinski definition) is 2. The van der Waals surface area contributed by atoms with Crippen molar-refractivity contribution in [2.45, 2.75) is 0 Å². The summed E-state index contributed by atoms with van der Waals surface area (Å²) in [6.45, 7) is 0. The number of benzene rings is 1. The van der Waals surface area contributed by atoms with Crippen molar-refractivity contribution in [2.24, 2.45) is 0 Å². The van der Waals surface area contributed by atoms with Gasteiger partial charge in [0, 0.05) is 9.86 Å². The molecule has 0 amide bonds. The zero-order chi connectivity index (χ0) is 11.9. The first-order chi connectivity index (χ1) is 7.49. The number of pyridine rings is 1. The first kappa shape index (κ1) is 11.6. The topological polar surface area (TPSA) is 50.2 Å². The number of carbonyl (C=O) groups is 1. The van der Waals surface area contributed by atoms with Crippen LogP contribution < -0.4 is 0 Å². The largest absolute Gasteiger partial charge is 0.478 e. The highest BCUT2D eigenvalue weighted by molar-refractivity contribution is 9.10. The maximum atomic E-state index is 10.9. The van der Waals surface area contributed by atoms with Gasteiger partial charge in [-0.25, -0.2) is 9.78 Å². The van der Waals surface area contributed by atoms with Gasteiger partial charge in [-0.05, 0) is 18.2 Å². The monoisotopic (exact) mass is 319 g/mol. The van der Waals surface area contributed by atoms with E-state index in [2.05, 4.69) is 20.9 Å². The molecular weight excluding hydrogens is 317 g/mol. The fourth-order valence-electron chi connectivity index (χ4n) is 1.34. The molecular formula is C10H4BrCl2NO2. The van der Waals surface area contributed by atoms with Crippen LogP contribution in [-0.4, -0.2) is 16.1 Å². The Morgan fingerprint density at radius 3 is 2.62 bits per heavy atom. The lowest BCUT2D eigenvalue weighted by Gasteiger charge is -2.04. The minimum absolute atomic E-state index is 0.0386. The van der Waals surface area contributed by atoms with Crippen molar-refractivity contribution >= 4 is 56.0 Å². The van der Waals surface area contributed by atoms with Crippen LogP contribution in [-0.2, 0) is 0 Å². The van der Waals surface area contributed by atoms with Crippen LogP contribution in [0.5, 0.6) is 0 Å². The first-order valence-electron chi connectivity index (χ1n) is 4.17. The molecule has 0 fully saturated rings. The SMILES string of the molecule is O=C(O)c1cc2cc(Br)cc(Cl)c2nc1Cl. The molecule has 2 aromatic rings. The molecule has 0 saturated heterocycles. The predicted molar refractivity (Wildman–Crippen MR) is 66.4 cm³/mol. The summed E-state index contributed by atoms with van der Waals surface area (Å²) < 4.78 is 0.755. The molecule has 0 spiro atoms. The quantitative estimate of drug-likeness (QED) is 0.808. The lowest BCUT2D eigenvalue weighted by Crippen LogP contribution is -1.99. The summed E-state index contributed by atoms with van der Waals surface area (Å²) in [5.74, 6) is -1.12. The van der Waals surface area contributed by atoms with Crippen molar-refractivity contribution in [1.82, 2.24) is 4.98 Å². The second kappa shape index (κ2) is 4.20. The summed E-state index contributed by atoms with van der Waals surface area (Å²) in [4.78, 5) is 14.8. The molecule has 3 nitrogen and oxygen atoms in total. The summed E-state index contributed by atoms with van der Waals surface area (Å²) in [6.07, 6.45) is 0. The maximum Gasteiger partial charge on any atom is 0.338 e. The van der Waals surface area contributed by atoms with Gasteiger partial charge in [-0.2, -0.15) is 0 Å². The maximum absolute atomic E-state index is 10.9. The van der Waals surface area contributed by atoms with Gasteiger partial charge in [0.25, 0.3) is 0 Å². The van der Waals surface area contributed by atoms with Crippen LogP contribution in [0, 0.1) is 0 Å². The van der Waals surface area contributed by atoms with Gasteiger partial charge in [0.15, 0.2) is 0 Å². The van der Waals surface area contributed by atoms with Crippen molar-refractivity contribution in [3.8, 4) is 0 Å². The molecule has 0 aliphatic rings. The highest BCUT2D eigenvalue weighted by atomic mass is 79.9. The summed E-state index contributed by atoms with van der Waals surface area (Å²) in [5, 5.41) is 9.87. The van der Waals surface area contributed by atoms with E-state index in [1.165, 1.54) is 6.07 Å². The summed E-state index contributed by atoms with van der Waals surface area (Å²) in [5.41, 5.74) is 0.447. The molecule has 0 radical (unpaired) electrons. The average Bonchev–Trinajstić information content (AvgIpc) is 2.18. The predicted octanol–water partition coefficient (Wildman–Crippen LogP) is 4.00. The third-order valence-corrected chi connectivity index (χ3v) is 3.05. The summed E-state index contributed by atoms with van der Waals surface area (Å²) >= 11 is 15.0. The Bertz CT molecular complexity index is 601. The van der Waals surface area contributed by atoms with E-state index in [0.29, 0.717) is 15.9 Å². The molecule has 2 rings (SSSR count). The van der Waals surface area contributed by atoms with E-state index in [9.17, 15) is 4.79 Å². The molecule has 0 bridgehead atoms. The second-order valence-corrected chi connectivity index (χ2v) is 4.77. The molecule has 0 saturated carbocycles. The number of nitrogens with zero attached hydrogens (tertiary/aromatic N) is 1. The zero-order valence-electron chi connectivity index (χ0n) is 7.67. The molecule has 1 aromatic heterocycles. The Hall–Kier alpha value is -0.840. The Balaban J connectivity index is 2.84. The number of carboxylic acids is 1. The van der Waals surface area contributed by atoms with Crippen LogP contribution in [0.3, 0.4) is 0 Å². The van der Waals surface area contributed by atoms with E-state index >= 15 is 0 Å². The molecule has 6 heteroatoms. The van der Waals surface area contributed by atoms with Crippen molar-refractivity contribution in [3.05, 3.63) is 38.4 Å². The minimum Gasteiger partial charge on any atom is -0.478 e. The van der Waals surface area contributed by atoms with Crippen LogP contribution in [0.2, 0.25) is 10.2 Å². The van der Waals surface area contributed by atoms with Gasteiger partial charge < -0.3 is 5.11 Å². The third kappa shape index (κ3) is 2.00. The van der Waals surface area contributed by atoms with E-state index in [4.69, 9.17) is 28.3 Å². The number of carboxylic acid groups (broad SMARTS) is 1. The molecule has 0 unspecified atom stereocenters. The summed E-state index contributed by atoms with van der Waals surface area (Å²) in [6, 6.07) is 4.86. The van der Waals surface area contributed by atoms with Crippen molar-refractivity contribution in [1.29, 1.82) is 0 Å². The van der Waals surface area contributed by atoms with Crippen LogP contribution in [0.1, 0.15) is 10.4 Å². The van der Waals surface area contributed by atoms with E-state index in [-0.39, 0.29) is 10.7 Å². The Morgan fingerprint density at radius 2 is 2.00 bits per heavy atom. The molecule has 0 aliphatic heterocycles. The van der Waals surface area contributed by atoms with Crippen LogP contribution in [0.4, 0.5) is 0 Å². The van der Waals surface area contributed by atoms with E-state index in [0.717, 1.165) is 4.47 Å². The number of halogens is 3. The Morgan fingerprint density at radius 1 is 1.31 bits per heavy atom. The number of hydrogen-bond donors (Lipinski definition) is 1. The molecule has 1 N–H and O–H groups in total. The molecule has 0 aliphatic carbocycles. The average molecular weight is 321 g/mol. The van der Waals surface area contributed by atoms with E-state index in [1.807, 2.05) is 0 Å². The molecule has 82 valence electrons. The van der Waals surface area contributed by atoms with E-state index in [1.54, 1.807) is 12.1 Å². The number of rotatable bonds is 1. The highest BCUT2D eigenvalue weighted by Gasteiger charge is 2.13. The molecule has 1 heterocycles. The van der Waals surface area contributed by atoms with Gasteiger partial charge in [0.1, 0.15) is 5.15 Å².